The molecule has 2 rings (SSSR count). The summed E-state index contributed by atoms with van der Waals surface area (Å²) >= 11 is 0. The lowest BCUT2D eigenvalue weighted by molar-refractivity contribution is -0.122. The molecule has 0 bridgehead atoms. The molecule has 1 aromatic rings. The standard InChI is InChI=1S/C15H23N3O3S/c16-14-4-2-1-3-12(14)9-15(19)18-10-11-5-7-13(8-6-11)22(17,20)21/h5-8,12,14H,1-4,9-10,16H2,(H,18,19)(H2,17,20,21). The van der Waals surface area contributed by atoms with Crippen LogP contribution in [0.5, 0.6) is 0 Å². The normalized spacial score (nSPS) is 22.3. The average Bonchev–Trinajstić information content (AvgIpc) is 2.47. The summed E-state index contributed by atoms with van der Waals surface area (Å²) in [6, 6.07) is 6.29. The number of amides is 1. The molecule has 1 saturated carbocycles. The maximum atomic E-state index is 12.0. The summed E-state index contributed by atoms with van der Waals surface area (Å²) < 4.78 is 22.3. The van der Waals surface area contributed by atoms with Gasteiger partial charge in [-0.05, 0) is 36.5 Å². The maximum absolute atomic E-state index is 12.0. The largest absolute Gasteiger partial charge is 0.352 e. The molecule has 5 N–H and O–H groups in total. The summed E-state index contributed by atoms with van der Waals surface area (Å²) in [5.74, 6) is 0.247. The van der Waals surface area contributed by atoms with E-state index in [-0.39, 0.29) is 22.8 Å². The zero-order valence-corrected chi connectivity index (χ0v) is 13.3. The van der Waals surface area contributed by atoms with E-state index in [1.807, 2.05) is 0 Å². The number of benzene rings is 1. The third-order valence-electron chi connectivity index (χ3n) is 4.16. The lowest BCUT2D eigenvalue weighted by atomic mass is 9.83. The third kappa shape index (κ3) is 4.79. The molecule has 0 spiro atoms. The fourth-order valence-electron chi connectivity index (χ4n) is 2.80. The van der Waals surface area contributed by atoms with Crippen LogP contribution in [0.2, 0.25) is 0 Å². The van der Waals surface area contributed by atoms with E-state index in [1.54, 1.807) is 12.1 Å². The molecule has 7 heteroatoms. The minimum atomic E-state index is -3.68. The molecule has 1 amide bonds. The first-order valence-corrected chi connectivity index (χ1v) is 9.05. The van der Waals surface area contributed by atoms with Crippen molar-refractivity contribution in [1.29, 1.82) is 0 Å². The number of rotatable bonds is 5. The van der Waals surface area contributed by atoms with E-state index in [9.17, 15) is 13.2 Å². The lowest BCUT2D eigenvalue weighted by Gasteiger charge is -2.27. The molecule has 2 atom stereocenters. The van der Waals surface area contributed by atoms with E-state index in [0.29, 0.717) is 13.0 Å². The molecule has 1 aliphatic rings. The van der Waals surface area contributed by atoms with Crippen LogP contribution in [0.1, 0.15) is 37.7 Å². The van der Waals surface area contributed by atoms with Gasteiger partial charge in [0.2, 0.25) is 15.9 Å². The van der Waals surface area contributed by atoms with Crippen LogP contribution in [0.15, 0.2) is 29.2 Å². The molecule has 0 heterocycles. The maximum Gasteiger partial charge on any atom is 0.238 e. The molecule has 0 aromatic heterocycles. The van der Waals surface area contributed by atoms with E-state index < -0.39 is 10.0 Å². The Morgan fingerprint density at radius 1 is 1.18 bits per heavy atom. The SMILES string of the molecule is NC1CCCCC1CC(=O)NCc1ccc(S(N)(=O)=O)cc1. The monoisotopic (exact) mass is 325 g/mol. The highest BCUT2D eigenvalue weighted by molar-refractivity contribution is 7.89. The Morgan fingerprint density at radius 3 is 2.41 bits per heavy atom. The zero-order valence-electron chi connectivity index (χ0n) is 12.5. The van der Waals surface area contributed by atoms with Gasteiger partial charge in [0, 0.05) is 19.0 Å². The average molecular weight is 325 g/mol. The summed E-state index contributed by atoms with van der Waals surface area (Å²) in [5, 5.41) is 7.89. The van der Waals surface area contributed by atoms with Crippen LogP contribution in [0, 0.1) is 5.92 Å². The molecular formula is C15H23N3O3S. The molecular weight excluding hydrogens is 302 g/mol. The van der Waals surface area contributed by atoms with Crippen molar-refractivity contribution >= 4 is 15.9 Å². The lowest BCUT2D eigenvalue weighted by Crippen LogP contribution is -2.36. The number of hydrogen-bond acceptors (Lipinski definition) is 4. The Bertz CT molecular complexity index is 613. The Balaban J connectivity index is 1.83. The van der Waals surface area contributed by atoms with E-state index in [1.165, 1.54) is 12.1 Å². The molecule has 2 unspecified atom stereocenters. The number of carbonyl (C=O) groups excluding carboxylic acids is 1. The van der Waals surface area contributed by atoms with Gasteiger partial charge in [-0.25, -0.2) is 13.6 Å². The van der Waals surface area contributed by atoms with Gasteiger partial charge in [-0.2, -0.15) is 0 Å². The summed E-state index contributed by atoms with van der Waals surface area (Å²) in [5.41, 5.74) is 6.87. The van der Waals surface area contributed by atoms with Crippen molar-refractivity contribution in [3.05, 3.63) is 29.8 Å². The first-order chi connectivity index (χ1) is 10.4. The minimum absolute atomic E-state index is 0.0159. The Labute approximate surface area is 131 Å². The van der Waals surface area contributed by atoms with Crippen LogP contribution in [0.3, 0.4) is 0 Å². The first kappa shape index (κ1) is 16.9. The third-order valence-corrected chi connectivity index (χ3v) is 5.09. The Morgan fingerprint density at radius 2 is 1.82 bits per heavy atom. The van der Waals surface area contributed by atoms with Crippen molar-refractivity contribution in [1.82, 2.24) is 5.32 Å². The molecule has 0 radical (unpaired) electrons. The predicted octanol–water partition coefficient (Wildman–Crippen LogP) is 0.858. The van der Waals surface area contributed by atoms with Gasteiger partial charge in [-0.1, -0.05) is 25.0 Å². The fraction of sp³-hybridized carbons (Fsp3) is 0.533. The van der Waals surface area contributed by atoms with Crippen LogP contribution >= 0.6 is 0 Å². The molecule has 6 nitrogen and oxygen atoms in total. The second kappa shape index (κ2) is 7.21. The summed E-state index contributed by atoms with van der Waals surface area (Å²) in [4.78, 5) is 12.0. The van der Waals surface area contributed by atoms with Crippen molar-refractivity contribution in [2.75, 3.05) is 0 Å². The smallest absolute Gasteiger partial charge is 0.238 e. The van der Waals surface area contributed by atoms with E-state index in [2.05, 4.69) is 5.32 Å². The molecule has 1 aliphatic carbocycles. The van der Waals surface area contributed by atoms with Gasteiger partial charge in [0.25, 0.3) is 0 Å². The zero-order chi connectivity index (χ0) is 16.2. The number of nitrogens with one attached hydrogen (secondary N) is 1. The van der Waals surface area contributed by atoms with Gasteiger partial charge in [0.05, 0.1) is 4.90 Å². The summed E-state index contributed by atoms with van der Waals surface area (Å²) in [6.45, 7) is 0.367. The minimum Gasteiger partial charge on any atom is -0.352 e. The van der Waals surface area contributed by atoms with Crippen LogP contribution in [-0.2, 0) is 21.4 Å². The van der Waals surface area contributed by atoms with Gasteiger partial charge in [-0.15, -0.1) is 0 Å². The van der Waals surface area contributed by atoms with Crippen LogP contribution < -0.4 is 16.2 Å². The topological polar surface area (TPSA) is 115 Å². The van der Waals surface area contributed by atoms with E-state index in [4.69, 9.17) is 10.9 Å². The molecule has 0 aliphatic heterocycles. The molecule has 0 saturated heterocycles. The van der Waals surface area contributed by atoms with Crippen LogP contribution in [0.25, 0.3) is 0 Å². The molecule has 122 valence electrons. The molecule has 1 fully saturated rings. The van der Waals surface area contributed by atoms with E-state index >= 15 is 0 Å². The molecule has 1 aromatic carbocycles. The van der Waals surface area contributed by atoms with Gasteiger partial charge >= 0.3 is 0 Å². The second-order valence-electron chi connectivity index (χ2n) is 5.88. The number of nitrogens with two attached hydrogens (primary N) is 2. The number of primary sulfonamides is 1. The number of hydrogen-bond donors (Lipinski definition) is 3. The van der Waals surface area contributed by atoms with Crippen LogP contribution in [-0.4, -0.2) is 20.4 Å². The predicted molar refractivity (Wildman–Crippen MR) is 84.2 cm³/mol. The summed E-state index contributed by atoms with van der Waals surface area (Å²) in [7, 11) is -3.68. The van der Waals surface area contributed by atoms with Crippen molar-refractivity contribution in [2.45, 2.75) is 49.6 Å². The quantitative estimate of drug-likeness (QED) is 0.744. The first-order valence-electron chi connectivity index (χ1n) is 7.50. The fourth-order valence-corrected chi connectivity index (χ4v) is 3.31. The van der Waals surface area contributed by atoms with Gasteiger partial charge < -0.3 is 11.1 Å². The van der Waals surface area contributed by atoms with Crippen molar-refractivity contribution in [3.8, 4) is 0 Å². The second-order valence-corrected chi connectivity index (χ2v) is 7.44. The highest BCUT2D eigenvalue weighted by Gasteiger charge is 2.23. The molecule has 22 heavy (non-hydrogen) atoms. The van der Waals surface area contributed by atoms with Gasteiger partial charge in [0.1, 0.15) is 0 Å². The van der Waals surface area contributed by atoms with Crippen molar-refractivity contribution in [2.24, 2.45) is 16.8 Å². The van der Waals surface area contributed by atoms with Crippen LogP contribution in [0.4, 0.5) is 0 Å². The van der Waals surface area contributed by atoms with Gasteiger partial charge in [-0.3, -0.25) is 4.79 Å². The number of carbonyl (C=O) groups is 1. The number of sulfonamides is 1. The van der Waals surface area contributed by atoms with Crippen molar-refractivity contribution < 1.29 is 13.2 Å². The Hall–Kier alpha value is -1.44. The van der Waals surface area contributed by atoms with Gasteiger partial charge in [0.15, 0.2) is 0 Å². The van der Waals surface area contributed by atoms with E-state index in [0.717, 1.165) is 31.2 Å². The highest BCUT2D eigenvalue weighted by atomic mass is 32.2. The highest BCUT2D eigenvalue weighted by Crippen LogP contribution is 2.25. The Kier molecular flexibility index (Phi) is 5.55. The van der Waals surface area contributed by atoms with Crippen molar-refractivity contribution in [3.63, 3.8) is 0 Å². The summed E-state index contributed by atoms with van der Waals surface area (Å²) in [6.07, 6.45) is 4.75.